The fraction of sp³-hybridized carbons (Fsp3) is 0.389. The number of fused-ring (bicyclic) bond motifs is 3. The van der Waals surface area contributed by atoms with Crippen molar-refractivity contribution in [2.75, 3.05) is 25.2 Å². The number of morpholine rings is 1. The number of hydrogen-bond acceptors (Lipinski definition) is 6. The molecule has 2 saturated heterocycles. The molecule has 0 N–H and O–H groups in total. The molecule has 8 heteroatoms. The van der Waals surface area contributed by atoms with Crippen molar-refractivity contribution in [3.05, 3.63) is 30.6 Å². The van der Waals surface area contributed by atoms with Crippen molar-refractivity contribution in [1.82, 2.24) is 17.6 Å². The molecule has 0 aromatic carbocycles. The summed E-state index contributed by atoms with van der Waals surface area (Å²) in [5.74, 6) is 1.63. The Morgan fingerprint density at radius 1 is 1.15 bits per heavy atom. The monoisotopic (exact) mass is 541 g/mol. The average molecular weight is 541 g/mol. The maximum atomic E-state index is 5.71. The van der Waals surface area contributed by atoms with E-state index in [1.54, 1.807) is 13.3 Å². The van der Waals surface area contributed by atoms with Crippen molar-refractivity contribution in [2.45, 2.75) is 24.9 Å². The molecule has 0 aliphatic carbocycles. The van der Waals surface area contributed by atoms with Gasteiger partial charge in [-0.3, -0.25) is 0 Å². The molecule has 5 rings (SSSR count). The third-order valence-electron chi connectivity index (χ3n) is 5.30. The van der Waals surface area contributed by atoms with Crippen LogP contribution < -0.4 is 9.64 Å². The van der Waals surface area contributed by atoms with Crippen LogP contribution in [-0.2, 0) is 4.74 Å². The van der Waals surface area contributed by atoms with Gasteiger partial charge in [-0.2, -0.15) is 0 Å². The first-order chi connectivity index (χ1) is 12.8. The quantitative estimate of drug-likeness (QED) is 0.472. The zero-order valence-corrected chi connectivity index (χ0v) is 19.0. The second-order valence-corrected chi connectivity index (χ2v) is 8.64. The van der Waals surface area contributed by atoms with E-state index >= 15 is 0 Å². The fourth-order valence-electron chi connectivity index (χ4n) is 4.12. The van der Waals surface area contributed by atoms with Gasteiger partial charge in [-0.1, -0.05) is 0 Å². The summed E-state index contributed by atoms with van der Waals surface area (Å²) in [5.41, 5.74) is 3.04. The van der Waals surface area contributed by atoms with E-state index in [-0.39, 0.29) is 0 Å². The van der Waals surface area contributed by atoms with Crippen molar-refractivity contribution in [3.8, 4) is 17.1 Å². The van der Waals surface area contributed by atoms with E-state index in [1.165, 1.54) is 12.8 Å². The van der Waals surface area contributed by atoms with Gasteiger partial charge in [-0.15, -0.1) is 0 Å². The molecule has 130 valence electrons. The normalized spacial score (nSPS) is 22.1. The number of methoxy groups -OCH3 is 1. The number of ether oxygens (including phenoxy) is 2. The molecule has 2 atom stereocenters. The second-order valence-electron chi connectivity index (χ2n) is 6.74. The van der Waals surface area contributed by atoms with Crippen LogP contribution in [0.4, 0.5) is 5.82 Å². The average Bonchev–Trinajstić information content (AvgIpc) is 3.15. The Labute approximate surface area is 167 Å². The van der Waals surface area contributed by atoms with E-state index in [4.69, 9.17) is 14.6 Å². The SMILES string of the molecule is COc1nccc2c1c(-c1ccnc(N3C4CCC3COC4)c1)n[n]2[Tl]. The van der Waals surface area contributed by atoms with Crippen LogP contribution in [0.25, 0.3) is 22.2 Å². The number of nitrogens with zero attached hydrogens (tertiary/aromatic N) is 5. The summed E-state index contributed by atoms with van der Waals surface area (Å²) in [6, 6.07) is 7.03. The molecule has 0 spiro atoms. The van der Waals surface area contributed by atoms with Crippen LogP contribution in [0.15, 0.2) is 30.6 Å². The van der Waals surface area contributed by atoms with Gasteiger partial charge in [0.1, 0.15) is 0 Å². The Bertz CT molecular complexity index is 959. The molecule has 0 radical (unpaired) electrons. The van der Waals surface area contributed by atoms with Crippen LogP contribution in [0.5, 0.6) is 5.88 Å². The van der Waals surface area contributed by atoms with Crippen molar-refractivity contribution >= 4 is 42.8 Å². The van der Waals surface area contributed by atoms with Gasteiger partial charge >= 0.3 is 168 Å². The summed E-state index contributed by atoms with van der Waals surface area (Å²) >= 11 is 0.569. The van der Waals surface area contributed by atoms with Crippen molar-refractivity contribution in [3.63, 3.8) is 0 Å². The van der Waals surface area contributed by atoms with Crippen molar-refractivity contribution < 1.29 is 9.47 Å². The molecule has 2 bridgehead atoms. The summed E-state index contributed by atoms with van der Waals surface area (Å²) in [6.07, 6.45) is 6.00. The van der Waals surface area contributed by atoms with Gasteiger partial charge < -0.3 is 0 Å². The summed E-state index contributed by atoms with van der Waals surface area (Å²) in [4.78, 5) is 11.5. The van der Waals surface area contributed by atoms with Gasteiger partial charge in [0.2, 0.25) is 0 Å². The van der Waals surface area contributed by atoms with Gasteiger partial charge in [-0.25, -0.2) is 0 Å². The Balaban J connectivity index is 1.63. The van der Waals surface area contributed by atoms with Crippen LogP contribution in [0.2, 0.25) is 0 Å². The Hall–Kier alpha value is -1.75. The Kier molecular flexibility index (Phi) is 4.07. The van der Waals surface area contributed by atoms with Gasteiger partial charge in [0, 0.05) is 0 Å². The standard InChI is InChI=1S/C18H18N5O2.Tl/c1-24-18-16-14(5-7-20-18)21-22-17(16)11-4-6-19-15(8-11)23-12-2-3-13(23)10-25-9-12;/h4-8,12-13H,2-3,9-10H2,1H3;/q-1;+1. The van der Waals surface area contributed by atoms with Crippen LogP contribution in [-0.4, -0.2) is 76.0 Å². The van der Waals surface area contributed by atoms with Crippen molar-refractivity contribution in [2.24, 2.45) is 0 Å². The first-order valence-electron chi connectivity index (χ1n) is 8.75. The number of rotatable bonds is 3. The van der Waals surface area contributed by atoms with Crippen LogP contribution >= 0.6 is 0 Å². The van der Waals surface area contributed by atoms with Gasteiger partial charge in [0.25, 0.3) is 0 Å². The summed E-state index contributed by atoms with van der Waals surface area (Å²) < 4.78 is 13.3. The molecule has 2 fully saturated rings. The molecule has 2 unspecified atom stereocenters. The summed E-state index contributed by atoms with van der Waals surface area (Å²) in [5, 5.41) is 5.78. The van der Waals surface area contributed by atoms with E-state index in [0.717, 1.165) is 41.2 Å². The number of anilines is 1. The minimum atomic E-state index is 0.432. The molecule has 7 nitrogen and oxygen atoms in total. The third kappa shape index (κ3) is 2.51. The zero-order chi connectivity index (χ0) is 17.7. The summed E-state index contributed by atoms with van der Waals surface area (Å²) in [6.45, 7) is 1.58. The van der Waals surface area contributed by atoms with Gasteiger partial charge in [0.15, 0.2) is 0 Å². The third-order valence-corrected chi connectivity index (χ3v) is 6.83. The zero-order valence-electron chi connectivity index (χ0n) is 14.5. The molecule has 0 amide bonds. The van der Waals surface area contributed by atoms with E-state index < -0.39 is 0 Å². The molecule has 0 saturated carbocycles. The predicted octanol–water partition coefficient (Wildman–Crippen LogP) is 1.80. The topological polar surface area (TPSA) is 65.3 Å². The van der Waals surface area contributed by atoms with Gasteiger partial charge in [0.05, 0.1) is 0 Å². The van der Waals surface area contributed by atoms with Crippen LogP contribution in [0.3, 0.4) is 0 Å². The van der Waals surface area contributed by atoms with Gasteiger partial charge in [-0.05, 0) is 0 Å². The first-order valence-corrected chi connectivity index (χ1v) is 10.8. The Morgan fingerprint density at radius 3 is 2.69 bits per heavy atom. The van der Waals surface area contributed by atoms with E-state index in [0.29, 0.717) is 44.0 Å². The fourth-order valence-corrected chi connectivity index (χ4v) is 5.41. The number of hydrogen-bond donors (Lipinski definition) is 0. The molecule has 3 aromatic rings. The second kappa shape index (κ2) is 6.45. The molecule has 26 heavy (non-hydrogen) atoms. The number of aromatic nitrogens is 4. The minimum absolute atomic E-state index is 0.432. The molecular formula is C18H18N5O2Tl. The molecule has 3 aromatic heterocycles. The Morgan fingerprint density at radius 2 is 1.92 bits per heavy atom. The maximum absolute atomic E-state index is 5.71. The van der Waals surface area contributed by atoms with E-state index in [2.05, 4.69) is 20.9 Å². The van der Waals surface area contributed by atoms with Crippen molar-refractivity contribution in [1.29, 1.82) is 0 Å². The first kappa shape index (κ1) is 16.4. The summed E-state index contributed by atoms with van der Waals surface area (Å²) in [7, 11) is 1.65. The molecule has 2 aliphatic rings. The van der Waals surface area contributed by atoms with Crippen LogP contribution in [0.1, 0.15) is 12.8 Å². The van der Waals surface area contributed by atoms with E-state index in [1.807, 2.05) is 20.8 Å². The number of pyridine rings is 2. The molecule has 2 aliphatic heterocycles. The molecular weight excluding hydrogens is 523 g/mol. The predicted molar refractivity (Wildman–Crippen MR) is 98.6 cm³/mol. The van der Waals surface area contributed by atoms with E-state index in [9.17, 15) is 0 Å². The molecule has 5 heterocycles. The van der Waals surface area contributed by atoms with Crippen LogP contribution in [0, 0.1) is 0 Å².